The largest absolute Gasteiger partial charge is 0.495 e. The Morgan fingerprint density at radius 1 is 1.32 bits per heavy atom. The molecule has 22 heavy (non-hydrogen) atoms. The maximum Gasteiger partial charge on any atom is 0.305 e. The van der Waals surface area contributed by atoms with E-state index in [2.05, 4.69) is 0 Å². The highest BCUT2D eigenvalue weighted by atomic mass is 35.5. The summed E-state index contributed by atoms with van der Waals surface area (Å²) < 4.78 is 5.09. The summed E-state index contributed by atoms with van der Waals surface area (Å²) in [6.45, 7) is 3.99. The van der Waals surface area contributed by atoms with Gasteiger partial charge in [0.05, 0.1) is 18.6 Å². The lowest BCUT2D eigenvalue weighted by atomic mass is 10.1. The van der Waals surface area contributed by atoms with Crippen LogP contribution in [0, 0.1) is 0 Å². The summed E-state index contributed by atoms with van der Waals surface area (Å²) in [5.41, 5.74) is 0.945. The van der Waals surface area contributed by atoms with Crippen molar-refractivity contribution in [2.24, 2.45) is 0 Å². The minimum absolute atomic E-state index is 0.0219. The zero-order chi connectivity index (χ0) is 16.7. The van der Waals surface area contributed by atoms with Crippen molar-refractivity contribution in [1.82, 2.24) is 4.90 Å². The van der Waals surface area contributed by atoms with Crippen molar-refractivity contribution in [3.05, 3.63) is 28.8 Å². The maximum absolute atomic E-state index is 12.3. The molecule has 122 valence electrons. The van der Waals surface area contributed by atoms with E-state index in [1.807, 2.05) is 19.9 Å². The van der Waals surface area contributed by atoms with Crippen molar-refractivity contribution in [1.29, 1.82) is 0 Å². The first-order chi connectivity index (χ1) is 10.3. The van der Waals surface area contributed by atoms with E-state index in [1.165, 1.54) is 0 Å². The summed E-state index contributed by atoms with van der Waals surface area (Å²) >= 11 is 6.06. The van der Waals surface area contributed by atoms with Gasteiger partial charge in [0.25, 0.3) is 0 Å². The number of hydrogen-bond donors (Lipinski definition) is 1. The fraction of sp³-hybridized carbons (Fsp3) is 0.500. The molecular formula is C16H22ClNO4. The Morgan fingerprint density at radius 2 is 2.00 bits per heavy atom. The van der Waals surface area contributed by atoms with Gasteiger partial charge in [0.2, 0.25) is 5.91 Å². The molecule has 0 saturated heterocycles. The molecule has 0 atom stereocenters. The number of carboxylic acids is 1. The van der Waals surface area contributed by atoms with Gasteiger partial charge in [0, 0.05) is 19.0 Å². The number of nitrogens with zero attached hydrogens (tertiary/aromatic N) is 1. The first-order valence-corrected chi connectivity index (χ1v) is 7.56. The van der Waals surface area contributed by atoms with Crippen LogP contribution in [0.5, 0.6) is 5.75 Å². The molecule has 0 unspecified atom stereocenters. The normalized spacial score (nSPS) is 10.6. The number of amides is 1. The molecule has 0 aliphatic heterocycles. The van der Waals surface area contributed by atoms with Crippen LogP contribution < -0.4 is 4.74 Å². The molecule has 0 heterocycles. The molecule has 0 aliphatic rings. The van der Waals surface area contributed by atoms with Crippen LogP contribution in [0.4, 0.5) is 0 Å². The van der Waals surface area contributed by atoms with E-state index in [9.17, 15) is 9.59 Å². The number of ether oxygens (including phenoxy) is 1. The molecule has 1 N–H and O–H groups in total. The van der Waals surface area contributed by atoms with Gasteiger partial charge in [0.15, 0.2) is 0 Å². The number of benzene rings is 1. The van der Waals surface area contributed by atoms with E-state index in [-0.39, 0.29) is 24.9 Å². The van der Waals surface area contributed by atoms with Crippen molar-refractivity contribution in [2.45, 2.75) is 39.2 Å². The zero-order valence-corrected chi connectivity index (χ0v) is 13.9. The van der Waals surface area contributed by atoms with Crippen LogP contribution in [0.25, 0.3) is 0 Å². The number of halogens is 1. The van der Waals surface area contributed by atoms with Crippen molar-refractivity contribution < 1.29 is 19.4 Å². The van der Waals surface area contributed by atoms with Gasteiger partial charge in [-0.05, 0) is 38.0 Å². The summed E-state index contributed by atoms with van der Waals surface area (Å²) in [5.74, 6) is -0.356. The number of carbonyl (C=O) groups excluding carboxylic acids is 1. The van der Waals surface area contributed by atoms with Crippen molar-refractivity contribution >= 4 is 23.5 Å². The lowest BCUT2D eigenvalue weighted by Crippen LogP contribution is -2.38. The topological polar surface area (TPSA) is 66.8 Å². The van der Waals surface area contributed by atoms with Gasteiger partial charge >= 0.3 is 5.97 Å². The summed E-state index contributed by atoms with van der Waals surface area (Å²) in [4.78, 5) is 24.5. The van der Waals surface area contributed by atoms with Crippen LogP contribution in [0.3, 0.4) is 0 Å². The van der Waals surface area contributed by atoms with E-state index in [0.29, 0.717) is 23.6 Å². The molecule has 5 nitrogen and oxygen atoms in total. The average molecular weight is 328 g/mol. The lowest BCUT2D eigenvalue weighted by molar-refractivity contribution is -0.139. The van der Waals surface area contributed by atoms with Crippen molar-refractivity contribution in [3.63, 3.8) is 0 Å². The second-order valence-electron chi connectivity index (χ2n) is 5.29. The predicted octanol–water partition coefficient (Wildman–Crippen LogP) is 2.99. The number of aryl methyl sites for hydroxylation is 1. The molecule has 0 spiro atoms. The Hall–Kier alpha value is -1.75. The highest BCUT2D eigenvalue weighted by Crippen LogP contribution is 2.25. The number of hydrogen-bond acceptors (Lipinski definition) is 3. The molecule has 0 saturated carbocycles. The lowest BCUT2D eigenvalue weighted by Gasteiger charge is -2.26. The van der Waals surface area contributed by atoms with Crippen LogP contribution in [-0.4, -0.2) is 41.6 Å². The van der Waals surface area contributed by atoms with Crippen molar-refractivity contribution in [2.75, 3.05) is 13.7 Å². The minimum Gasteiger partial charge on any atom is -0.495 e. The van der Waals surface area contributed by atoms with Gasteiger partial charge in [-0.25, -0.2) is 0 Å². The van der Waals surface area contributed by atoms with Gasteiger partial charge in [-0.15, -0.1) is 0 Å². The van der Waals surface area contributed by atoms with E-state index in [0.717, 1.165) is 5.56 Å². The Balaban J connectivity index is 2.62. The van der Waals surface area contributed by atoms with Gasteiger partial charge in [-0.2, -0.15) is 0 Å². The second kappa shape index (κ2) is 8.63. The Bertz CT molecular complexity index is 531. The minimum atomic E-state index is -0.902. The molecule has 1 amide bonds. The van der Waals surface area contributed by atoms with Crippen LogP contribution in [0.1, 0.15) is 32.3 Å². The molecule has 1 rings (SSSR count). The third-order valence-corrected chi connectivity index (χ3v) is 3.65. The van der Waals surface area contributed by atoms with Gasteiger partial charge in [-0.3, -0.25) is 9.59 Å². The van der Waals surface area contributed by atoms with Gasteiger partial charge < -0.3 is 14.7 Å². The monoisotopic (exact) mass is 327 g/mol. The molecule has 0 fully saturated rings. The Kier molecular flexibility index (Phi) is 7.18. The summed E-state index contributed by atoms with van der Waals surface area (Å²) in [6, 6.07) is 5.40. The third kappa shape index (κ3) is 5.56. The maximum atomic E-state index is 12.3. The Labute approximate surface area is 135 Å². The molecule has 0 aliphatic carbocycles. The van der Waals surface area contributed by atoms with Crippen LogP contribution in [0.2, 0.25) is 5.02 Å². The first kappa shape index (κ1) is 18.3. The number of carboxylic acid groups (broad SMARTS) is 1. The number of methoxy groups -OCH3 is 1. The van der Waals surface area contributed by atoms with Gasteiger partial charge in [-0.1, -0.05) is 17.7 Å². The van der Waals surface area contributed by atoms with Crippen molar-refractivity contribution in [3.8, 4) is 5.75 Å². The van der Waals surface area contributed by atoms with E-state index in [4.69, 9.17) is 21.4 Å². The number of aliphatic carboxylic acids is 1. The standard InChI is InChI=1S/C16H22ClNO4/c1-11(2)18(9-8-16(20)21)15(19)7-5-12-4-6-14(22-3)13(17)10-12/h4,6,10-11H,5,7-9H2,1-3H3,(H,20,21). The predicted molar refractivity (Wildman–Crippen MR) is 85.4 cm³/mol. The van der Waals surface area contributed by atoms with Crippen LogP contribution in [0.15, 0.2) is 18.2 Å². The Morgan fingerprint density at radius 3 is 2.50 bits per heavy atom. The van der Waals surface area contributed by atoms with Crippen LogP contribution in [-0.2, 0) is 16.0 Å². The van der Waals surface area contributed by atoms with Crippen LogP contribution >= 0.6 is 11.6 Å². The smallest absolute Gasteiger partial charge is 0.305 e. The molecule has 1 aromatic carbocycles. The molecular weight excluding hydrogens is 306 g/mol. The van der Waals surface area contributed by atoms with E-state index < -0.39 is 5.97 Å². The SMILES string of the molecule is COc1ccc(CCC(=O)N(CCC(=O)O)C(C)C)cc1Cl. The highest BCUT2D eigenvalue weighted by Gasteiger charge is 2.17. The summed E-state index contributed by atoms with van der Waals surface area (Å²) in [7, 11) is 1.55. The number of carbonyl (C=O) groups is 2. The fourth-order valence-corrected chi connectivity index (χ4v) is 2.43. The molecule has 0 aromatic heterocycles. The quantitative estimate of drug-likeness (QED) is 0.797. The van der Waals surface area contributed by atoms with Gasteiger partial charge in [0.1, 0.15) is 5.75 Å². The van der Waals surface area contributed by atoms with E-state index >= 15 is 0 Å². The summed E-state index contributed by atoms with van der Waals surface area (Å²) in [5, 5.41) is 9.26. The third-order valence-electron chi connectivity index (χ3n) is 3.35. The highest BCUT2D eigenvalue weighted by molar-refractivity contribution is 6.32. The average Bonchev–Trinajstić information content (AvgIpc) is 2.44. The molecule has 6 heteroatoms. The first-order valence-electron chi connectivity index (χ1n) is 7.18. The zero-order valence-electron chi connectivity index (χ0n) is 13.1. The number of rotatable bonds is 8. The molecule has 1 aromatic rings. The summed E-state index contributed by atoms with van der Waals surface area (Å²) in [6.07, 6.45) is 0.831. The van der Waals surface area contributed by atoms with E-state index in [1.54, 1.807) is 24.1 Å². The molecule has 0 bridgehead atoms. The fourth-order valence-electron chi connectivity index (χ4n) is 2.15. The second-order valence-corrected chi connectivity index (χ2v) is 5.70. The molecule has 0 radical (unpaired) electrons.